The molecule has 0 saturated heterocycles. The monoisotopic (exact) mass is 360 g/mol. The SMILES string of the molecule is O=C(CSC12CC3CC(CC(C3)C1)C2)NCc1cc2n(n1)CCNC2. The van der Waals surface area contributed by atoms with E-state index in [0.717, 1.165) is 43.1 Å². The van der Waals surface area contributed by atoms with Crippen molar-refractivity contribution in [2.75, 3.05) is 12.3 Å². The highest BCUT2D eigenvalue weighted by molar-refractivity contribution is 8.01. The maximum atomic E-state index is 12.4. The van der Waals surface area contributed by atoms with Crippen LogP contribution in [-0.4, -0.2) is 32.7 Å². The molecule has 0 spiro atoms. The molecule has 1 amide bonds. The first-order chi connectivity index (χ1) is 12.2. The van der Waals surface area contributed by atoms with E-state index in [1.54, 1.807) is 0 Å². The number of nitrogens with one attached hydrogen (secondary N) is 2. The van der Waals surface area contributed by atoms with Crippen LogP contribution in [0.4, 0.5) is 0 Å². The second-order valence-electron chi connectivity index (χ2n) is 8.69. The third-order valence-electron chi connectivity index (χ3n) is 6.68. The van der Waals surface area contributed by atoms with Gasteiger partial charge in [-0.05, 0) is 62.3 Å². The lowest BCUT2D eigenvalue weighted by Gasteiger charge is -2.56. The van der Waals surface area contributed by atoms with Gasteiger partial charge in [0.1, 0.15) is 0 Å². The number of nitrogens with zero attached hydrogens (tertiary/aromatic N) is 2. The molecule has 6 rings (SSSR count). The second-order valence-corrected chi connectivity index (χ2v) is 10.1. The van der Waals surface area contributed by atoms with Crippen molar-refractivity contribution in [3.63, 3.8) is 0 Å². The van der Waals surface area contributed by atoms with Crippen LogP contribution in [0.25, 0.3) is 0 Å². The Kier molecular flexibility index (Phi) is 4.08. The summed E-state index contributed by atoms with van der Waals surface area (Å²) >= 11 is 1.96. The first-order valence-electron chi connectivity index (χ1n) is 9.84. The molecular formula is C19H28N4OS. The van der Waals surface area contributed by atoms with Crippen molar-refractivity contribution < 1.29 is 4.79 Å². The Hall–Kier alpha value is -1.01. The topological polar surface area (TPSA) is 59.0 Å². The number of carbonyl (C=O) groups excluding carboxylic acids is 1. The summed E-state index contributed by atoms with van der Waals surface area (Å²) in [6.45, 7) is 3.33. The Labute approximate surface area is 153 Å². The van der Waals surface area contributed by atoms with Crippen molar-refractivity contribution in [3.05, 3.63) is 17.5 Å². The summed E-state index contributed by atoms with van der Waals surface area (Å²) in [6.07, 6.45) is 8.47. The summed E-state index contributed by atoms with van der Waals surface area (Å²) in [5.41, 5.74) is 2.20. The van der Waals surface area contributed by atoms with Crippen molar-refractivity contribution in [2.45, 2.75) is 62.9 Å². The first kappa shape index (κ1) is 16.2. The van der Waals surface area contributed by atoms with E-state index >= 15 is 0 Å². The van der Waals surface area contributed by atoms with E-state index in [9.17, 15) is 4.79 Å². The van der Waals surface area contributed by atoms with E-state index in [4.69, 9.17) is 0 Å². The fraction of sp³-hybridized carbons (Fsp3) is 0.789. The van der Waals surface area contributed by atoms with Crippen LogP contribution in [0.2, 0.25) is 0 Å². The Morgan fingerprint density at radius 2 is 2.00 bits per heavy atom. The van der Waals surface area contributed by atoms with E-state index in [1.807, 2.05) is 11.8 Å². The minimum absolute atomic E-state index is 0.171. The van der Waals surface area contributed by atoms with Gasteiger partial charge in [0.25, 0.3) is 0 Å². The summed E-state index contributed by atoms with van der Waals surface area (Å²) in [5.74, 6) is 3.64. The van der Waals surface area contributed by atoms with E-state index in [2.05, 4.69) is 26.5 Å². The van der Waals surface area contributed by atoms with Crippen LogP contribution in [0.15, 0.2) is 6.07 Å². The zero-order valence-corrected chi connectivity index (χ0v) is 15.6. The molecule has 25 heavy (non-hydrogen) atoms. The predicted octanol–water partition coefficient (Wildman–Crippen LogP) is 2.30. The summed E-state index contributed by atoms with van der Waals surface area (Å²) in [4.78, 5) is 12.4. The van der Waals surface area contributed by atoms with Gasteiger partial charge in [0.15, 0.2) is 0 Å². The quantitative estimate of drug-likeness (QED) is 0.846. The summed E-state index contributed by atoms with van der Waals surface area (Å²) in [7, 11) is 0. The molecule has 4 saturated carbocycles. The van der Waals surface area contributed by atoms with Crippen molar-refractivity contribution in [2.24, 2.45) is 17.8 Å². The van der Waals surface area contributed by atoms with Crippen LogP contribution in [0.3, 0.4) is 0 Å². The summed E-state index contributed by atoms with van der Waals surface area (Å²) < 4.78 is 2.48. The normalized spacial score (nSPS) is 35.6. The molecular weight excluding hydrogens is 332 g/mol. The molecule has 0 radical (unpaired) electrons. The zero-order chi connectivity index (χ0) is 16.9. The zero-order valence-electron chi connectivity index (χ0n) is 14.8. The minimum atomic E-state index is 0.171. The lowest BCUT2D eigenvalue weighted by Crippen LogP contribution is -2.49. The third kappa shape index (κ3) is 3.23. The van der Waals surface area contributed by atoms with Crippen LogP contribution in [0, 0.1) is 17.8 Å². The molecule has 0 aromatic carbocycles. The molecule has 4 aliphatic carbocycles. The molecule has 0 atom stereocenters. The average molecular weight is 361 g/mol. The van der Waals surface area contributed by atoms with Gasteiger partial charge in [0.2, 0.25) is 5.91 Å². The fourth-order valence-corrected chi connectivity index (χ4v) is 7.61. The molecule has 1 aromatic rings. The van der Waals surface area contributed by atoms with Gasteiger partial charge in [-0.2, -0.15) is 5.10 Å². The standard InChI is InChI=1S/C19H28N4OS/c24-18(21-10-16-6-17-11-20-1-2-23(17)22-16)12-25-19-7-13-3-14(8-19)5-15(4-13)9-19/h6,13-15,20H,1-5,7-12H2,(H,21,24). The first-order valence-corrected chi connectivity index (χ1v) is 10.8. The van der Waals surface area contributed by atoms with Crippen LogP contribution in [0.1, 0.15) is 49.9 Å². The summed E-state index contributed by atoms with van der Waals surface area (Å²) in [5, 5.41) is 11.0. The molecule has 5 aliphatic rings. The maximum Gasteiger partial charge on any atom is 0.230 e. The lowest BCUT2D eigenvalue weighted by molar-refractivity contribution is -0.118. The molecule has 1 aromatic heterocycles. The van der Waals surface area contributed by atoms with E-state index < -0.39 is 0 Å². The van der Waals surface area contributed by atoms with Crippen molar-refractivity contribution >= 4 is 17.7 Å². The largest absolute Gasteiger partial charge is 0.350 e. The van der Waals surface area contributed by atoms with Crippen LogP contribution in [0.5, 0.6) is 0 Å². The average Bonchev–Trinajstić information content (AvgIpc) is 3.00. The predicted molar refractivity (Wildman–Crippen MR) is 99.1 cm³/mol. The van der Waals surface area contributed by atoms with Crippen LogP contribution < -0.4 is 10.6 Å². The fourth-order valence-electron chi connectivity index (χ4n) is 6.01. The Balaban J connectivity index is 1.13. The number of hydrogen-bond acceptors (Lipinski definition) is 4. The van der Waals surface area contributed by atoms with Gasteiger partial charge >= 0.3 is 0 Å². The molecule has 4 bridgehead atoms. The molecule has 1 aliphatic heterocycles. The van der Waals surface area contributed by atoms with E-state index in [-0.39, 0.29) is 5.91 Å². The molecule has 0 unspecified atom stereocenters. The van der Waals surface area contributed by atoms with Crippen molar-refractivity contribution in [1.82, 2.24) is 20.4 Å². The van der Waals surface area contributed by atoms with E-state index in [0.29, 0.717) is 17.0 Å². The van der Waals surface area contributed by atoms with Gasteiger partial charge in [0, 0.05) is 17.8 Å². The molecule has 5 nitrogen and oxygen atoms in total. The molecule has 2 heterocycles. The lowest BCUT2D eigenvalue weighted by atomic mass is 9.56. The number of carbonyl (C=O) groups is 1. The number of aromatic nitrogens is 2. The Morgan fingerprint density at radius 1 is 1.28 bits per heavy atom. The van der Waals surface area contributed by atoms with Crippen molar-refractivity contribution in [3.8, 4) is 0 Å². The Morgan fingerprint density at radius 3 is 2.68 bits per heavy atom. The number of rotatable bonds is 5. The van der Waals surface area contributed by atoms with Crippen LogP contribution >= 0.6 is 11.8 Å². The highest BCUT2D eigenvalue weighted by Gasteiger charge is 2.51. The third-order valence-corrected chi connectivity index (χ3v) is 8.20. The van der Waals surface area contributed by atoms with Gasteiger partial charge in [-0.15, -0.1) is 11.8 Å². The van der Waals surface area contributed by atoms with Gasteiger partial charge in [-0.3, -0.25) is 9.48 Å². The van der Waals surface area contributed by atoms with Gasteiger partial charge in [-0.1, -0.05) is 0 Å². The molecule has 136 valence electrons. The maximum absolute atomic E-state index is 12.4. The highest BCUT2D eigenvalue weighted by atomic mass is 32.2. The number of amides is 1. The van der Waals surface area contributed by atoms with Gasteiger partial charge in [-0.25, -0.2) is 0 Å². The molecule has 4 fully saturated rings. The second kappa shape index (κ2) is 6.31. The van der Waals surface area contributed by atoms with Crippen LogP contribution in [-0.2, 0) is 24.4 Å². The molecule has 6 heteroatoms. The minimum Gasteiger partial charge on any atom is -0.350 e. The van der Waals surface area contributed by atoms with E-state index in [1.165, 1.54) is 44.2 Å². The highest BCUT2D eigenvalue weighted by Crippen LogP contribution is 2.60. The Bertz CT molecular complexity index is 612. The number of thioether (sulfide) groups is 1. The molecule has 2 N–H and O–H groups in total. The van der Waals surface area contributed by atoms with Crippen molar-refractivity contribution in [1.29, 1.82) is 0 Å². The number of hydrogen-bond donors (Lipinski definition) is 2. The smallest absolute Gasteiger partial charge is 0.230 e. The number of fused-ring (bicyclic) bond motifs is 1. The summed E-state index contributed by atoms with van der Waals surface area (Å²) in [6, 6.07) is 2.11. The van der Waals surface area contributed by atoms with Gasteiger partial charge < -0.3 is 10.6 Å². The van der Waals surface area contributed by atoms with Gasteiger partial charge in [0.05, 0.1) is 30.2 Å².